The second-order valence-corrected chi connectivity index (χ2v) is 4.71. The molecule has 0 spiro atoms. The molecule has 65 valence electrons. The van der Waals surface area contributed by atoms with Gasteiger partial charge in [0.15, 0.2) is 21.6 Å². The summed E-state index contributed by atoms with van der Waals surface area (Å²) in [6.45, 7) is 0.194. The van der Waals surface area contributed by atoms with Gasteiger partial charge < -0.3 is 4.74 Å². The van der Waals surface area contributed by atoms with Crippen LogP contribution in [0.15, 0.2) is 0 Å². The Bertz CT molecular complexity index is 83.0. The molecule has 0 unspecified atom stereocenters. The van der Waals surface area contributed by atoms with Crippen molar-refractivity contribution in [2.24, 2.45) is 0 Å². The summed E-state index contributed by atoms with van der Waals surface area (Å²) >= 11 is 0.705. The molecule has 0 aromatic heterocycles. The van der Waals surface area contributed by atoms with Crippen molar-refractivity contribution in [3.63, 3.8) is 0 Å². The molecule has 0 fully saturated rings. The molecule has 1 radical (unpaired) electrons. The zero-order valence-corrected chi connectivity index (χ0v) is 9.56. The van der Waals surface area contributed by atoms with Gasteiger partial charge in [-0.2, -0.15) is 0 Å². The molecule has 0 saturated heterocycles. The third kappa shape index (κ3) is 25.2. The Morgan fingerprint density at radius 1 is 1.45 bits per heavy atom. The van der Waals surface area contributed by atoms with E-state index in [-0.39, 0.29) is 18.0 Å². The van der Waals surface area contributed by atoms with Gasteiger partial charge in [-0.15, -0.1) is 15.8 Å². The highest BCUT2D eigenvalue weighted by molar-refractivity contribution is 7.90. The lowest BCUT2D eigenvalue weighted by Gasteiger charge is -1.94. The van der Waals surface area contributed by atoms with Gasteiger partial charge in [0.25, 0.3) is 0 Å². The molecular weight excluding hydrogens is 177 g/mol. The Hall–Kier alpha value is 0.312. The second kappa shape index (κ2) is 12.9. The van der Waals surface area contributed by atoms with Crippen molar-refractivity contribution in [3.05, 3.63) is 0 Å². The van der Waals surface area contributed by atoms with E-state index in [1.54, 1.807) is 0 Å². The van der Waals surface area contributed by atoms with Crippen LogP contribution in [0.2, 0.25) is 11.6 Å². The minimum absolute atomic E-state index is 0.0454. The van der Waals surface area contributed by atoms with E-state index in [2.05, 4.69) is 16.3 Å². The van der Waals surface area contributed by atoms with Gasteiger partial charge in [0.05, 0.1) is 0 Å². The van der Waals surface area contributed by atoms with Gasteiger partial charge >= 0.3 is 0 Å². The van der Waals surface area contributed by atoms with Crippen LogP contribution in [0, 0.1) is 5.41 Å². The lowest BCUT2D eigenvalue weighted by Crippen LogP contribution is -2.04. The zero-order valence-electron chi connectivity index (χ0n) is 7.59. The van der Waals surface area contributed by atoms with E-state index in [0.717, 1.165) is 21.6 Å². The molecule has 1 N–H and O–H groups in total. The SMILES string of the molecule is C[S+](C)OCOC=N.[CH3][Al][CH3]. The standard InChI is InChI=1S/C4H10NO2S.2CH3.Al/c1-8(2)7-4-6-3-5;;;/h3,5H,4H2,1-2H3;2*1H3;/q+1;;;. The van der Waals surface area contributed by atoms with E-state index in [4.69, 9.17) is 9.59 Å². The van der Waals surface area contributed by atoms with Gasteiger partial charge in [-0.3, -0.25) is 5.41 Å². The van der Waals surface area contributed by atoms with E-state index in [9.17, 15) is 0 Å². The van der Waals surface area contributed by atoms with Gasteiger partial charge in [0.1, 0.15) is 23.7 Å². The molecular formula is C6H16AlNO2S+. The van der Waals surface area contributed by atoms with E-state index in [1.165, 1.54) is 0 Å². The number of nitrogens with one attached hydrogen (secondary N) is 1. The topological polar surface area (TPSA) is 42.3 Å². The molecule has 0 rings (SSSR count). The van der Waals surface area contributed by atoms with Crippen LogP contribution in [-0.4, -0.2) is 40.9 Å². The van der Waals surface area contributed by atoms with Crippen molar-refractivity contribution in [2.75, 3.05) is 19.3 Å². The predicted molar refractivity (Wildman–Crippen MR) is 52.5 cm³/mol. The zero-order chi connectivity index (χ0) is 9.11. The Morgan fingerprint density at radius 3 is 2.18 bits per heavy atom. The van der Waals surface area contributed by atoms with Crippen molar-refractivity contribution >= 4 is 32.8 Å². The summed E-state index contributed by atoms with van der Waals surface area (Å²) in [6, 6.07) is 0. The highest BCUT2D eigenvalue weighted by Crippen LogP contribution is 1.85. The summed E-state index contributed by atoms with van der Waals surface area (Å²) in [7, 11) is 0. The smallest absolute Gasteiger partial charge is 0.242 e. The van der Waals surface area contributed by atoms with Crippen LogP contribution < -0.4 is 0 Å². The largest absolute Gasteiger partial charge is 0.452 e. The first-order valence-corrected chi connectivity index (χ1v) is 7.52. The first kappa shape index (κ1) is 13.9. The predicted octanol–water partition coefficient (Wildman–Crippen LogP) is 1.16. The summed E-state index contributed by atoms with van der Waals surface area (Å²) in [6.07, 6.45) is 4.74. The quantitative estimate of drug-likeness (QED) is 0.182. The fraction of sp³-hybridized carbons (Fsp3) is 0.833. The normalized spacial score (nSPS) is 8.09. The summed E-state index contributed by atoms with van der Waals surface area (Å²) in [5, 5.41) is 6.42. The first-order valence-electron chi connectivity index (χ1n) is 3.24. The highest BCUT2D eigenvalue weighted by Gasteiger charge is 2.00. The van der Waals surface area contributed by atoms with Crippen molar-refractivity contribution < 1.29 is 8.92 Å². The van der Waals surface area contributed by atoms with Gasteiger partial charge in [-0.1, -0.05) is 0 Å². The van der Waals surface area contributed by atoms with E-state index in [0.29, 0.717) is 0 Å². The van der Waals surface area contributed by atoms with Crippen molar-refractivity contribution in [2.45, 2.75) is 11.6 Å². The van der Waals surface area contributed by atoms with Crippen LogP contribution in [0.5, 0.6) is 0 Å². The van der Waals surface area contributed by atoms with Gasteiger partial charge in [0.2, 0.25) is 6.79 Å². The maximum absolute atomic E-state index is 6.42. The summed E-state index contributed by atoms with van der Waals surface area (Å²) < 4.78 is 9.41. The lowest BCUT2D eigenvalue weighted by molar-refractivity contribution is 0.134. The average Bonchev–Trinajstić information content (AvgIpc) is 1.89. The van der Waals surface area contributed by atoms with E-state index in [1.807, 2.05) is 12.5 Å². The molecule has 0 aliphatic rings. The van der Waals surface area contributed by atoms with Crippen LogP contribution >= 0.6 is 0 Å². The van der Waals surface area contributed by atoms with Gasteiger partial charge in [0, 0.05) is 0 Å². The minimum atomic E-state index is -0.0454. The van der Waals surface area contributed by atoms with Crippen LogP contribution in [-0.2, 0) is 20.1 Å². The molecule has 5 heteroatoms. The molecule has 0 bridgehead atoms. The third-order valence-corrected chi connectivity index (χ3v) is 1.00. The molecule has 0 atom stereocenters. The monoisotopic (exact) mass is 193 g/mol. The maximum Gasteiger partial charge on any atom is 0.242 e. The molecule has 3 nitrogen and oxygen atoms in total. The van der Waals surface area contributed by atoms with Gasteiger partial charge in [-0.25, -0.2) is 0 Å². The number of rotatable bonds is 4. The van der Waals surface area contributed by atoms with Crippen LogP contribution in [0.4, 0.5) is 0 Å². The fourth-order valence-corrected chi connectivity index (χ4v) is 0.406. The summed E-state index contributed by atoms with van der Waals surface area (Å²) in [5.41, 5.74) is 0. The summed E-state index contributed by atoms with van der Waals surface area (Å²) in [4.78, 5) is 0. The Morgan fingerprint density at radius 2 is 1.91 bits per heavy atom. The Labute approximate surface area is 78.2 Å². The molecule has 0 aliphatic carbocycles. The Balaban J connectivity index is 0. The number of hydrogen-bond acceptors (Lipinski definition) is 3. The molecule has 0 aliphatic heterocycles. The fourth-order valence-electron chi connectivity index (χ4n) is 0.158. The molecule has 11 heavy (non-hydrogen) atoms. The molecule has 0 amide bonds. The number of hydrogen-bond donors (Lipinski definition) is 1. The maximum atomic E-state index is 6.42. The van der Waals surface area contributed by atoms with E-state index >= 15 is 0 Å². The number of ether oxygens (including phenoxy) is 1. The average molecular weight is 193 g/mol. The van der Waals surface area contributed by atoms with Crippen molar-refractivity contribution in [3.8, 4) is 0 Å². The van der Waals surface area contributed by atoms with Crippen LogP contribution in [0.3, 0.4) is 0 Å². The van der Waals surface area contributed by atoms with Crippen LogP contribution in [0.25, 0.3) is 0 Å². The summed E-state index contributed by atoms with van der Waals surface area (Å²) in [5.74, 6) is 4.42. The molecule has 0 heterocycles. The second-order valence-electron chi connectivity index (χ2n) is 1.84. The molecule has 0 aromatic rings. The van der Waals surface area contributed by atoms with Crippen molar-refractivity contribution in [1.29, 1.82) is 5.41 Å². The molecule has 0 saturated carbocycles. The third-order valence-electron chi connectivity index (χ3n) is 0.435. The molecule has 0 aromatic carbocycles. The highest BCUT2D eigenvalue weighted by atomic mass is 32.2. The van der Waals surface area contributed by atoms with Crippen molar-refractivity contribution in [1.82, 2.24) is 0 Å². The Kier molecular flexibility index (Phi) is 16.3. The lowest BCUT2D eigenvalue weighted by atomic mass is 11.4. The van der Waals surface area contributed by atoms with E-state index < -0.39 is 0 Å². The first-order chi connectivity index (χ1) is 5.18. The van der Waals surface area contributed by atoms with Gasteiger partial charge in [-0.05, 0) is 0 Å². The minimum Gasteiger partial charge on any atom is -0.452 e. The van der Waals surface area contributed by atoms with Crippen LogP contribution in [0.1, 0.15) is 0 Å².